The predicted octanol–water partition coefficient (Wildman–Crippen LogP) is 1.60. The standard InChI is InChI=1S/C18H20N4O5/c1-25-16(23)13-4-2-12(3-5-13)15-20-14(27-21-15)10-22-8-6-18(7-9-22)11-19-17(24)26-18/h2-5H,6-11H2,1H3,(H,19,24). The monoisotopic (exact) mass is 372 g/mol. The molecule has 2 aliphatic heterocycles. The Morgan fingerprint density at radius 3 is 2.67 bits per heavy atom. The molecule has 0 atom stereocenters. The molecule has 2 aliphatic rings. The van der Waals surface area contributed by atoms with E-state index in [0.29, 0.717) is 30.4 Å². The van der Waals surface area contributed by atoms with Crippen LogP contribution in [0.4, 0.5) is 4.79 Å². The third kappa shape index (κ3) is 3.63. The van der Waals surface area contributed by atoms with Crippen molar-refractivity contribution >= 4 is 12.1 Å². The van der Waals surface area contributed by atoms with Crippen molar-refractivity contribution in [2.24, 2.45) is 0 Å². The van der Waals surface area contributed by atoms with Crippen LogP contribution in [0, 0.1) is 0 Å². The van der Waals surface area contributed by atoms with Crippen LogP contribution in [0.5, 0.6) is 0 Å². The van der Waals surface area contributed by atoms with Gasteiger partial charge in [0.2, 0.25) is 11.7 Å². The van der Waals surface area contributed by atoms with Crippen molar-refractivity contribution < 1.29 is 23.6 Å². The smallest absolute Gasteiger partial charge is 0.407 e. The van der Waals surface area contributed by atoms with Gasteiger partial charge in [-0.2, -0.15) is 4.98 Å². The summed E-state index contributed by atoms with van der Waals surface area (Å²) in [6.45, 7) is 2.71. The Morgan fingerprint density at radius 2 is 2.04 bits per heavy atom. The maximum Gasteiger partial charge on any atom is 0.407 e. The number of hydrogen-bond acceptors (Lipinski definition) is 8. The van der Waals surface area contributed by atoms with E-state index in [1.807, 2.05) is 0 Å². The lowest BCUT2D eigenvalue weighted by Gasteiger charge is -2.36. The van der Waals surface area contributed by atoms with Crippen LogP contribution in [0.25, 0.3) is 11.4 Å². The van der Waals surface area contributed by atoms with Crippen LogP contribution in [0.3, 0.4) is 0 Å². The van der Waals surface area contributed by atoms with Gasteiger partial charge in [-0.05, 0) is 12.1 Å². The summed E-state index contributed by atoms with van der Waals surface area (Å²) < 4.78 is 15.5. The topological polar surface area (TPSA) is 107 Å². The number of hydrogen-bond donors (Lipinski definition) is 1. The molecule has 4 rings (SSSR count). The molecule has 0 radical (unpaired) electrons. The summed E-state index contributed by atoms with van der Waals surface area (Å²) in [5.41, 5.74) is 0.864. The number of piperidine rings is 1. The molecule has 3 heterocycles. The van der Waals surface area contributed by atoms with Crippen molar-refractivity contribution in [2.75, 3.05) is 26.7 Å². The number of ether oxygens (including phenoxy) is 2. The number of nitrogens with zero attached hydrogens (tertiary/aromatic N) is 3. The quantitative estimate of drug-likeness (QED) is 0.807. The van der Waals surface area contributed by atoms with Gasteiger partial charge in [0.05, 0.1) is 25.8 Å². The molecule has 0 bridgehead atoms. The molecule has 1 amide bonds. The van der Waals surface area contributed by atoms with Crippen molar-refractivity contribution in [3.63, 3.8) is 0 Å². The summed E-state index contributed by atoms with van der Waals surface area (Å²) in [7, 11) is 1.34. The average Bonchev–Trinajstić information content (AvgIpc) is 3.30. The molecule has 9 heteroatoms. The van der Waals surface area contributed by atoms with E-state index in [2.05, 4.69) is 25.1 Å². The Morgan fingerprint density at radius 1 is 1.30 bits per heavy atom. The van der Waals surface area contributed by atoms with Crippen molar-refractivity contribution in [1.29, 1.82) is 0 Å². The van der Waals surface area contributed by atoms with Gasteiger partial charge in [0.15, 0.2) is 0 Å². The maximum absolute atomic E-state index is 11.5. The Kier molecular flexibility index (Phi) is 4.53. The van der Waals surface area contributed by atoms with Crippen LogP contribution in [-0.2, 0) is 16.0 Å². The molecule has 0 saturated carbocycles. The molecule has 1 spiro atoms. The fourth-order valence-electron chi connectivity index (χ4n) is 3.40. The first-order chi connectivity index (χ1) is 13.1. The number of amides is 1. The number of methoxy groups -OCH3 is 1. The molecule has 1 aromatic carbocycles. The van der Waals surface area contributed by atoms with Crippen molar-refractivity contribution in [1.82, 2.24) is 20.4 Å². The lowest BCUT2D eigenvalue weighted by atomic mass is 9.92. The summed E-state index contributed by atoms with van der Waals surface area (Å²) in [6.07, 6.45) is 1.23. The van der Waals surface area contributed by atoms with Crippen molar-refractivity contribution in [3.05, 3.63) is 35.7 Å². The fraction of sp³-hybridized carbons (Fsp3) is 0.444. The van der Waals surface area contributed by atoms with Crippen LogP contribution in [0.1, 0.15) is 29.1 Å². The Balaban J connectivity index is 1.36. The zero-order chi connectivity index (χ0) is 18.9. The van der Waals surface area contributed by atoms with Gasteiger partial charge >= 0.3 is 12.1 Å². The minimum atomic E-state index is -0.388. The molecule has 2 saturated heterocycles. The summed E-state index contributed by atoms with van der Waals surface area (Å²) in [4.78, 5) is 29.4. The third-order valence-electron chi connectivity index (χ3n) is 5.02. The molecular formula is C18H20N4O5. The average molecular weight is 372 g/mol. The molecule has 9 nitrogen and oxygen atoms in total. The number of likely N-dealkylation sites (tertiary alicyclic amines) is 1. The lowest BCUT2D eigenvalue weighted by Crippen LogP contribution is -2.46. The number of aromatic nitrogens is 2. The van der Waals surface area contributed by atoms with Gasteiger partial charge in [0.1, 0.15) is 5.60 Å². The number of benzene rings is 1. The number of nitrogens with one attached hydrogen (secondary N) is 1. The molecule has 0 unspecified atom stereocenters. The minimum absolute atomic E-state index is 0.330. The minimum Gasteiger partial charge on any atom is -0.465 e. The first-order valence-electron chi connectivity index (χ1n) is 8.77. The van der Waals surface area contributed by atoms with Crippen LogP contribution in [0.15, 0.2) is 28.8 Å². The highest BCUT2D eigenvalue weighted by molar-refractivity contribution is 5.89. The normalized spacial score (nSPS) is 18.9. The van der Waals surface area contributed by atoms with E-state index < -0.39 is 0 Å². The van der Waals surface area contributed by atoms with E-state index in [1.54, 1.807) is 24.3 Å². The molecule has 2 fully saturated rings. The first kappa shape index (κ1) is 17.5. The van der Waals surface area contributed by atoms with E-state index in [-0.39, 0.29) is 17.7 Å². The number of alkyl carbamates (subject to hydrolysis) is 1. The molecule has 2 aromatic rings. The summed E-state index contributed by atoms with van der Waals surface area (Å²) in [5.74, 6) is 0.615. The van der Waals surface area contributed by atoms with E-state index >= 15 is 0 Å². The second-order valence-corrected chi connectivity index (χ2v) is 6.78. The molecule has 142 valence electrons. The third-order valence-corrected chi connectivity index (χ3v) is 5.02. The second kappa shape index (κ2) is 6.99. The van der Waals surface area contributed by atoms with E-state index in [0.717, 1.165) is 31.5 Å². The van der Waals surface area contributed by atoms with Crippen LogP contribution < -0.4 is 5.32 Å². The van der Waals surface area contributed by atoms with E-state index in [1.165, 1.54) is 7.11 Å². The Bertz CT molecular complexity index is 840. The Labute approximate surface area is 155 Å². The van der Waals surface area contributed by atoms with Gasteiger partial charge < -0.3 is 19.3 Å². The van der Waals surface area contributed by atoms with Gasteiger partial charge in [-0.1, -0.05) is 17.3 Å². The van der Waals surface area contributed by atoms with Crippen LogP contribution in [-0.4, -0.2) is 59.4 Å². The van der Waals surface area contributed by atoms with E-state index in [9.17, 15) is 9.59 Å². The maximum atomic E-state index is 11.5. The van der Waals surface area contributed by atoms with Gasteiger partial charge in [0, 0.05) is 31.5 Å². The molecule has 1 aromatic heterocycles. The van der Waals surface area contributed by atoms with Crippen molar-refractivity contribution in [3.8, 4) is 11.4 Å². The molecule has 1 N–H and O–H groups in total. The SMILES string of the molecule is COC(=O)c1ccc(-c2noc(CN3CCC4(CC3)CNC(=O)O4)n2)cc1. The second-order valence-electron chi connectivity index (χ2n) is 6.78. The van der Waals surface area contributed by atoms with Gasteiger partial charge in [0.25, 0.3) is 0 Å². The van der Waals surface area contributed by atoms with Gasteiger partial charge in [-0.3, -0.25) is 4.90 Å². The van der Waals surface area contributed by atoms with E-state index in [4.69, 9.17) is 9.26 Å². The van der Waals surface area contributed by atoms with Crippen molar-refractivity contribution in [2.45, 2.75) is 25.0 Å². The summed E-state index contributed by atoms with van der Waals surface area (Å²) in [5, 5.41) is 6.75. The lowest BCUT2D eigenvalue weighted by molar-refractivity contribution is -0.00310. The highest BCUT2D eigenvalue weighted by atomic mass is 16.6. The summed E-state index contributed by atoms with van der Waals surface area (Å²) in [6, 6.07) is 6.84. The number of carbonyl (C=O) groups is 2. The fourth-order valence-corrected chi connectivity index (χ4v) is 3.40. The molecule has 0 aliphatic carbocycles. The number of carbonyl (C=O) groups excluding carboxylic acids is 2. The Hall–Kier alpha value is -2.94. The van der Waals surface area contributed by atoms with Crippen LogP contribution >= 0.6 is 0 Å². The number of esters is 1. The molecular weight excluding hydrogens is 352 g/mol. The zero-order valence-electron chi connectivity index (χ0n) is 14.9. The van der Waals surface area contributed by atoms with Crippen LogP contribution in [0.2, 0.25) is 0 Å². The summed E-state index contributed by atoms with van der Waals surface area (Å²) >= 11 is 0. The predicted molar refractivity (Wildman–Crippen MR) is 92.8 cm³/mol. The molecule has 27 heavy (non-hydrogen) atoms. The number of rotatable bonds is 4. The zero-order valence-corrected chi connectivity index (χ0v) is 14.9. The van der Waals surface area contributed by atoms with Gasteiger partial charge in [-0.25, -0.2) is 9.59 Å². The largest absolute Gasteiger partial charge is 0.465 e. The highest BCUT2D eigenvalue weighted by Crippen LogP contribution is 2.29. The first-order valence-corrected chi connectivity index (χ1v) is 8.77. The highest BCUT2D eigenvalue weighted by Gasteiger charge is 2.42. The van der Waals surface area contributed by atoms with Gasteiger partial charge in [-0.15, -0.1) is 0 Å².